The highest BCUT2D eigenvalue weighted by Gasteiger charge is 2.26. The third-order valence-electron chi connectivity index (χ3n) is 4.51. The van der Waals surface area contributed by atoms with Crippen molar-refractivity contribution in [2.24, 2.45) is 5.92 Å². The lowest BCUT2D eigenvalue weighted by Crippen LogP contribution is -2.41. The molecule has 0 radical (unpaired) electrons. The standard InChI is InChI=1S/C17H27NO3/c1-12(18-16-7-5-4-6-13(16)11-19)15-9-8-14(20-2)10-17(15)21-3/h8-10,12-13,16,18-19H,4-7,11H2,1-3H3. The smallest absolute Gasteiger partial charge is 0.127 e. The maximum absolute atomic E-state index is 9.53. The predicted molar refractivity (Wildman–Crippen MR) is 83.9 cm³/mol. The molecule has 4 heteroatoms. The van der Waals surface area contributed by atoms with Crippen molar-refractivity contribution in [1.82, 2.24) is 5.32 Å². The van der Waals surface area contributed by atoms with Gasteiger partial charge in [0.15, 0.2) is 0 Å². The summed E-state index contributed by atoms with van der Waals surface area (Å²) >= 11 is 0. The van der Waals surface area contributed by atoms with E-state index in [9.17, 15) is 5.11 Å². The molecule has 0 spiro atoms. The van der Waals surface area contributed by atoms with E-state index >= 15 is 0 Å². The number of aliphatic hydroxyl groups excluding tert-OH is 1. The summed E-state index contributed by atoms with van der Waals surface area (Å²) in [5.41, 5.74) is 1.13. The van der Waals surface area contributed by atoms with Crippen LogP contribution < -0.4 is 14.8 Å². The van der Waals surface area contributed by atoms with Gasteiger partial charge >= 0.3 is 0 Å². The van der Waals surface area contributed by atoms with E-state index in [2.05, 4.69) is 12.2 Å². The highest BCUT2D eigenvalue weighted by molar-refractivity contribution is 5.42. The van der Waals surface area contributed by atoms with Gasteiger partial charge in [0, 0.05) is 30.3 Å². The minimum atomic E-state index is 0.183. The molecule has 1 aromatic carbocycles. The molecule has 1 aliphatic rings. The summed E-state index contributed by atoms with van der Waals surface area (Å²) in [4.78, 5) is 0. The van der Waals surface area contributed by atoms with Crippen molar-refractivity contribution in [2.45, 2.75) is 44.7 Å². The molecule has 21 heavy (non-hydrogen) atoms. The Morgan fingerprint density at radius 1 is 1.24 bits per heavy atom. The molecule has 0 saturated heterocycles. The van der Waals surface area contributed by atoms with Gasteiger partial charge in [-0.3, -0.25) is 0 Å². The van der Waals surface area contributed by atoms with Crippen LogP contribution >= 0.6 is 0 Å². The number of nitrogens with one attached hydrogen (secondary N) is 1. The van der Waals surface area contributed by atoms with E-state index in [-0.39, 0.29) is 12.6 Å². The minimum Gasteiger partial charge on any atom is -0.497 e. The normalized spacial score (nSPS) is 23.6. The van der Waals surface area contributed by atoms with Crippen molar-refractivity contribution in [1.29, 1.82) is 0 Å². The summed E-state index contributed by atoms with van der Waals surface area (Å²) in [6.07, 6.45) is 4.71. The second kappa shape index (κ2) is 7.66. The molecular formula is C17H27NO3. The van der Waals surface area contributed by atoms with E-state index in [4.69, 9.17) is 9.47 Å². The molecule has 0 bridgehead atoms. The summed E-state index contributed by atoms with van der Waals surface area (Å²) in [7, 11) is 3.34. The average Bonchev–Trinajstić information content (AvgIpc) is 2.54. The molecule has 2 N–H and O–H groups in total. The molecule has 0 aromatic heterocycles. The van der Waals surface area contributed by atoms with E-state index in [0.29, 0.717) is 12.0 Å². The Kier molecular flexibility index (Phi) is 5.88. The molecule has 118 valence electrons. The molecular weight excluding hydrogens is 266 g/mol. The molecule has 1 saturated carbocycles. The summed E-state index contributed by atoms with van der Waals surface area (Å²) in [5.74, 6) is 2.00. The third-order valence-corrected chi connectivity index (χ3v) is 4.51. The summed E-state index contributed by atoms with van der Waals surface area (Å²) in [6.45, 7) is 2.41. The monoisotopic (exact) mass is 293 g/mol. The van der Waals surface area contributed by atoms with Gasteiger partial charge in [-0.15, -0.1) is 0 Å². The first-order valence-electron chi connectivity index (χ1n) is 7.78. The summed E-state index contributed by atoms with van der Waals surface area (Å²) in [5, 5.41) is 13.2. The largest absolute Gasteiger partial charge is 0.497 e. The first-order chi connectivity index (χ1) is 10.2. The van der Waals surface area contributed by atoms with Gasteiger partial charge in [-0.2, -0.15) is 0 Å². The van der Waals surface area contributed by atoms with Gasteiger partial charge < -0.3 is 19.9 Å². The van der Waals surface area contributed by atoms with E-state index in [1.807, 2.05) is 18.2 Å². The number of methoxy groups -OCH3 is 2. The SMILES string of the molecule is COc1ccc(C(C)NC2CCCCC2CO)c(OC)c1. The van der Waals surface area contributed by atoms with Gasteiger partial charge in [0.1, 0.15) is 11.5 Å². The lowest BCUT2D eigenvalue weighted by Gasteiger charge is -2.33. The zero-order valence-electron chi connectivity index (χ0n) is 13.3. The predicted octanol–water partition coefficient (Wildman–Crippen LogP) is 2.91. The Morgan fingerprint density at radius 3 is 2.67 bits per heavy atom. The van der Waals surface area contributed by atoms with Crippen LogP contribution in [0.15, 0.2) is 18.2 Å². The molecule has 2 rings (SSSR count). The average molecular weight is 293 g/mol. The molecule has 1 aliphatic carbocycles. The fourth-order valence-electron chi connectivity index (χ4n) is 3.23. The van der Waals surface area contributed by atoms with Gasteiger partial charge in [0.2, 0.25) is 0 Å². The summed E-state index contributed by atoms with van der Waals surface area (Å²) < 4.78 is 10.7. The van der Waals surface area contributed by atoms with Crippen molar-refractivity contribution in [2.75, 3.05) is 20.8 Å². The highest BCUT2D eigenvalue weighted by atomic mass is 16.5. The Labute approximate surface area is 127 Å². The van der Waals surface area contributed by atoms with E-state index < -0.39 is 0 Å². The van der Waals surface area contributed by atoms with E-state index in [0.717, 1.165) is 29.9 Å². The minimum absolute atomic E-state index is 0.183. The van der Waals surface area contributed by atoms with Crippen molar-refractivity contribution >= 4 is 0 Å². The molecule has 4 nitrogen and oxygen atoms in total. The second-order valence-corrected chi connectivity index (χ2v) is 5.83. The van der Waals surface area contributed by atoms with Crippen LogP contribution in [-0.2, 0) is 0 Å². The molecule has 1 aromatic rings. The van der Waals surface area contributed by atoms with Crippen LogP contribution in [0.25, 0.3) is 0 Å². The zero-order valence-corrected chi connectivity index (χ0v) is 13.3. The van der Waals surface area contributed by atoms with Crippen LogP contribution in [0.3, 0.4) is 0 Å². The zero-order chi connectivity index (χ0) is 15.2. The molecule has 3 unspecified atom stereocenters. The number of aliphatic hydroxyl groups is 1. The number of rotatable bonds is 6. The maximum Gasteiger partial charge on any atom is 0.127 e. The first kappa shape index (κ1) is 16.1. The Bertz CT molecular complexity index is 450. The van der Waals surface area contributed by atoms with Gasteiger partial charge in [-0.25, -0.2) is 0 Å². The molecule has 3 atom stereocenters. The van der Waals surface area contributed by atoms with Crippen molar-refractivity contribution in [3.05, 3.63) is 23.8 Å². The highest BCUT2D eigenvalue weighted by Crippen LogP contribution is 2.32. The Balaban J connectivity index is 2.10. The van der Waals surface area contributed by atoms with Crippen LogP contribution in [-0.4, -0.2) is 32.0 Å². The van der Waals surface area contributed by atoms with Crippen molar-refractivity contribution in [3.8, 4) is 11.5 Å². The third kappa shape index (κ3) is 3.89. The Morgan fingerprint density at radius 2 is 2.00 bits per heavy atom. The second-order valence-electron chi connectivity index (χ2n) is 5.83. The lowest BCUT2D eigenvalue weighted by atomic mass is 9.84. The van der Waals surface area contributed by atoms with Gasteiger partial charge in [-0.05, 0) is 31.7 Å². The quantitative estimate of drug-likeness (QED) is 0.847. The number of hydrogen-bond donors (Lipinski definition) is 2. The lowest BCUT2D eigenvalue weighted by molar-refractivity contribution is 0.147. The maximum atomic E-state index is 9.53. The Hall–Kier alpha value is -1.26. The van der Waals surface area contributed by atoms with Crippen molar-refractivity contribution in [3.63, 3.8) is 0 Å². The molecule has 1 fully saturated rings. The van der Waals surface area contributed by atoms with Crippen LogP contribution in [0.1, 0.15) is 44.2 Å². The first-order valence-corrected chi connectivity index (χ1v) is 7.78. The fraction of sp³-hybridized carbons (Fsp3) is 0.647. The van der Waals surface area contributed by atoms with Crippen molar-refractivity contribution < 1.29 is 14.6 Å². The molecule has 0 amide bonds. The number of hydrogen-bond acceptors (Lipinski definition) is 4. The molecule has 0 aliphatic heterocycles. The van der Waals surface area contributed by atoms with Gasteiger partial charge in [0.05, 0.1) is 14.2 Å². The fourth-order valence-corrected chi connectivity index (χ4v) is 3.23. The van der Waals surface area contributed by atoms with Crippen LogP contribution in [0.5, 0.6) is 11.5 Å². The van der Waals surface area contributed by atoms with Gasteiger partial charge in [-0.1, -0.05) is 18.9 Å². The van der Waals surface area contributed by atoms with Crippen LogP contribution in [0, 0.1) is 5.92 Å². The van der Waals surface area contributed by atoms with E-state index in [1.165, 1.54) is 12.8 Å². The summed E-state index contributed by atoms with van der Waals surface area (Å²) in [6, 6.07) is 6.48. The van der Waals surface area contributed by atoms with Crippen LogP contribution in [0.4, 0.5) is 0 Å². The van der Waals surface area contributed by atoms with Gasteiger partial charge in [0.25, 0.3) is 0 Å². The number of ether oxygens (including phenoxy) is 2. The topological polar surface area (TPSA) is 50.7 Å². The van der Waals surface area contributed by atoms with Crippen LogP contribution in [0.2, 0.25) is 0 Å². The molecule has 0 heterocycles. The van der Waals surface area contributed by atoms with E-state index in [1.54, 1.807) is 14.2 Å². The number of benzene rings is 1.